The van der Waals surface area contributed by atoms with Crippen LogP contribution in [-0.4, -0.2) is 48.2 Å². The average molecular weight is 435 g/mol. The van der Waals surface area contributed by atoms with Gasteiger partial charge in [0.15, 0.2) is 5.69 Å². The number of halogens is 6. The highest BCUT2D eigenvalue weighted by Gasteiger charge is 2.38. The predicted octanol–water partition coefficient (Wildman–Crippen LogP) is 3.43. The summed E-state index contributed by atoms with van der Waals surface area (Å²) in [5.74, 6) is -2.30. The fourth-order valence-electron chi connectivity index (χ4n) is 2.93. The van der Waals surface area contributed by atoms with Crippen LogP contribution in [0.1, 0.15) is 17.2 Å². The molecular weight excluding hydrogens is 420 g/mol. The summed E-state index contributed by atoms with van der Waals surface area (Å²) in [5, 5.41) is 8.15. The van der Waals surface area contributed by atoms with Crippen molar-refractivity contribution in [2.24, 2.45) is 0 Å². The number of imidazole rings is 1. The SMILES string of the molecule is FC(F)(F)c1cn2c(n1)CN(Cc1cc3cnccc3[nH]1)CC2.O=C(O)C(F)(F)F. The van der Waals surface area contributed by atoms with E-state index in [1.54, 1.807) is 17.0 Å². The van der Waals surface area contributed by atoms with Crippen molar-refractivity contribution in [2.75, 3.05) is 6.54 Å². The van der Waals surface area contributed by atoms with Crippen molar-refractivity contribution >= 4 is 16.9 Å². The number of nitrogens with zero attached hydrogens (tertiary/aromatic N) is 4. The first kappa shape index (κ1) is 21.6. The molecule has 1 aliphatic rings. The molecule has 0 saturated carbocycles. The summed E-state index contributed by atoms with van der Waals surface area (Å²) in [4.78, 5) is 22.1. The van der Waals surface area contributed by atoms with E-state index in [-0.39, 0.29) is 0 Å². The topological polar surface area (TPSA) is 87.0 Å². The van der Waals surface area contributed by atoms with Crippen molar-refractivity contribution in [1.82, 2.24) is 24.4 Å². The molecule has 7 nitrogen and oxygen atoms in total. The maximum Gasteiger partial charge on any atom is 0.490 e. The fourth-order valence-corrected chi connectivity index (χ4v) is 2.93. The van der Waals surface area contributed by atoms with E-state index in [0.717, 1.165) is 22.8 Å². The largest absolute Gasteiger partial charge is 0.490 e. The quantitative estimate of drug-likeness (QED) is 0.603. The van der Waals surface area contributed by atoms with Gasteiger partial charge in [-0.3, -0.25) is 9.88 Å². The molecular formula is C17H15F6N5O2. The number of aliphatic carboxylic acids is 1. The number of rotatable bonds is 2. The number of carboxylic acids is 1. The van der Waals surface area contributed by atoms with Crippen LogP contribution in [0.2, 0.25) is 0 Å². The lowest BCUT2D eigenvalue weighted by molar-refractivity contribution is -0.192. The zero-order valence-corrected chi connectivity index (χ0v) is 15.1. The zero-order valence-electron chi connectivity index (χ0n) is 15.1. The minimum atomic E-state index is -5.08. The number of pyridine rings is 1. The van der Waals surface area contributed by atoms with Crippen molar-refractivity contribution in [2.45, 2.75) is 32.0 Å². The first-order valence-electron chi connectivity index (χ1n) is 8.51. The van der Waals surface area contributed by atoms with Crippen molar-refractivity contribution in [3.63, 3.8) is 0 Å². The van der Waals surface area contributed by atoms with Crippen LogP contribution in [0.15, 0.2) is 30.7 Å². The average Bonchev–Trinajstić information content (AvgIpc) is 3.24. The van der Waals surface area contributed by atoms with Crippen LogP contribution in [-0.2, 0) is 30.6 Å². The van der Waals surface area contributed by atoms with E-state index in [4.69, 9.17) is 9.90 Å². The molecule has 0 aromatic carbocycles. The van der Waals surface area contributed by atoms with Crippen LogP contribution in [0.4, 0.5) is 26.3 Å². The third-order valence-corrected chi connectivity index (χ3v) is 4.29. The molecule has 0 saturated heterocycles. The Kier molecular flexibility index (Phi) is 5.74. The number of fused-ring (bicyclic) bond motifs is 2. The third-order valence-electron chi connectivity index (χ3n) is 4.29. The van der Waals surface area contributed by atoms with Gasteiger partial charge in [0.25, 0.3) is 0 Å². The van der Waals surface area contributed by atoms with Crippen LogP contribution < -0.4 is 0 Å². The molecule has 0 spiro atoms. The Hall–Kier alpha value is -3.09. The summed E-state index contributed by atoms with van der Waals surface area (Å²) in [6, 6.07) is 3.92. The standard InChI is InChI=1S/C15H14F3N5.C2HF3O2/c16-15(17,18)13-8-23-4-3-22(9-14(23)21-13)7-11-5-10-6-19-2-1-12(10)20-11;3-2(4,5)1(6)7/h1-2,5-6,8,20H,3-4,7,9H2;(H,6,7). The molecule has 0 aliphatic carbocycles. The Balaban J connectivity index is 0.000000318. The van der Waals surface area contributed by atoms with E-state index in [2.05, 4.69) is 19.9 Å². The van der Waals surface area contributed by atoms with Crippen LogP contribution in [0.25, 0.3) is 10.9 Å². The summed E-state index contributed by atoms with van der Waals surface area (Å²) < 4.78 is 71.5. The highest BCUT2D eigenvalue weighted by molar-refractivity contribution is 5.79. The number of carboxylic acid groups (broad SMARTS) is 1. The number of alkyl halides is 6. The van der Waals surface area contributed by atoms with Crippen molar-refractivity contribution < 1.29 is 36.2 Å². The summed E-state index contributed by atoms with van der Waals surface area (Å²) in [6.07, 6.45) is -4.87. The minimum Gasteiger partial charge on any atom is -0.475 e. The zero-order chi connectivity index (χ0) is 22.1. The molecule has 1 aliphatic heterocycles. The molecule has 0 unspecified atom stereocenters. The van der Waals surface area contributed by atoms with Gasteiger partial charge >= 0.3 is 18.3 Å². The number of aromatic nitrogens is 4. The van der Waals surface area contributed by atoms with Crippen LogP contribution in [0.5, 0.6) is 0 Å². The first-order valence-corrected chi connectivity index (χ1v) is 8.51. The molecule has 13 heteroatoms. The van der Waals surface area contributed by atoms with Gasteiger partial charge in [-0.2, -0.15) is 26.3 Å². The monoisotopic (exact) mass is 435 g/mol. The molecule has 3 aromatic heterocycles. The van der Waals surface area contributed by atoms with E-state index in [1.807, 2.05) is 12.1 Å². The van der Waals surface area contributed by atoms with Gasteiger partial charge in [0.1, 0.15) is 5.82 Å². The molecule has 0 radical (unpaired) electrons. The first-order chi connectivity index (χ1) is 13.9. The Morgan fingerprint density at radius 2 is 1.90 bits per heavy atom. The van der Waals surface area contributed by atoms with Gasteiger partial charge in [-0.1, -0.05) is 0 Å². The number of hydrogen-bond acceptors (Lipinski definition) is 4. The van der Waals surface area contributed by atoms with Gasteiger partial charge in [-0.15, -0.1) is 0 Å². The molecule has 0 bridgehead atoms. The highest BCUT2D eigenvalue weighted by atomic mass is 19.4. The normalized spacial score (nSPS) is 14.9. The third kappa shape index (κ3) is 5.09. The Morgan fingerprint density at radius 1 is 1.20 bits per heavy atom. The van der Waals surface area contributed by atoms with Gasteiger partial charge in [-0.25, -0.2) is 9.78 Å². The number of nitrogens with one attached hydrogen (secondary N) is 1. The summed E-state index contributed by atoms with van der Waals surface area (Å²) in [7, 11) is 0. The van der Waals surface area contributed by atoms with Crippen molar-refractivity contribution in [3.8, 4) is 0 Å². The van der Waals surface area contributed by atoms with Crippen LogP contribution >= 0.6 is 0 Å². The molecule has 0 amide bonds. The van der Waals surface area contributed by atoms with Crippen LogP contribution in [0, 0.1) is 0 Å². The molecule has 162 valence electrons. The maximum atomic E-state index is 12.7. The Labute approximate surface area is 165 Å². The van der Waals surface area contributed by atoms with Gasteiger partial charge in [0.05, 0.1) is 6.54 Å². The maximum absolute atomic E-state index is 12.7. The molecule has 0 fully saturated rings. The van der Waals surface area contributed by atoms with E-state index in [9.17, 15) is 26.3 Å². The number of carbonyl (C=O) groups is 1. The minimum absolute atomic E-state index is 0.406. The van der Waals surface area contributed by atoms with Crippen molar-refractivity contribution in [1.29, 1.82) is 0 Å². The smallest absolute Gasteiger partial charge is 0.475 e. The lowest BCUT2D eigenvalue weighted by atomic mass is 10.3. The van der Waals surface area contributed by atoms with Crippen molar-refractivity contribution in [3.05, 3.63) is 47.9 Å². The molecule has 4 rings (SSSR count). The second-order valence-corrected chi connectivity index (χ2v) is 6.50. The lowest BCUT2D eigenvalue weighted by Crippen LogP contribution is -2.33. The van der Waals surface area contributed by atoms with E-state index >= 15 is 0 Å². The van der Waals surface area contributed by atoms with Gasteiger partial charge in [-0.05, 0) is 12.1 Å². The molecule has 4 heterocycles. The lowest BCUT2D eigenvalue weighted by Gasteiger charge is -2.26. The number of hydrogen-bond donors (Lipinski definition) is 2. The fraction of sp³-hybridized carbons (Fsp3) is 0.353. The van der Waals surface area contributed by atoms with Gasteiger partial charge in [0.2, 0.25) is 0 Å². The van der Waals surface area contributed by atoms with Gasteiger partial charge < -0.3 is 14.7 Å². The molecule has 30 heavy (non-hydrogen) atoms. The predicted molar refractivity (Wildman–Crippen MR) is 91.1 cm³/mol. The molecule has 3 aromatic rings. The summed E-state index contributed by atoms with van der Waals surface area (Å²) in [5.41, 5.74) is 1.21. The van der Waals surface area contributed by atoms with E-state index < -0.39 is 24.0 Å². The molecule has 0 atom stereocenters. The van der Waals surface area contributed by atoms with Crippen LogP contribution in [0.3, 0.4) is 0 Å². The summed E-state index contributed by atoms with van der Waals surface area (Å²) >= 11 is 0. The summed E-state index contributed by atoms with van der Waals surface area (Å²) in [6.45, 7) is 2.25. The second kappa shape index (κ2) is 7.97. The Morgan fingerprint density at radius 3 is 2.50 bits per heavy atom. The van der Waals surface area contributed by atoms with E-state index in [1.165, 1.54) is 0 Å². The Bertz CT molecular complexity index is 1010. The van der Waals surface area contributed by atoms with Gasteiger partial charge in [0, 0.05) is 54.8 Å². The molecule has 2 N–H and O–H groups in total. The van der Waals surface area contributed by atoms with E-state index in [0.29, 0.717) is 32.0 Å². The highest BCUT2D eigenvalue weighted by Crippen LogP contribution is 2.29. The second-order valence-electron chi connectivity index (χ2n) is 6.50. The number of aromatic amines is 1. The number of H-pyrrole nitrogens is 1.